The van der Waals surface area contributed by atoms with Crippen molar-refractivity contribution < 1.29 is 6.85 Å². The molecule has 0 nitrogen and oxygen atoms in total. The maximum absolute atomic E-state index is 8.80. The quantitative estimate of drug-likeness (QED) is 0.126. The molecule has 0 saturated carbocycles. The van der Waals surface area contributed by atoms with E-state index in [9.17, 15) is 0 Å². The summed E-state index contributed by atoms with van der Waals surface area (Å²) in [5, 5.41) is 23.8. The third-order valence-corrected chi connectivity index (χ3v) is 22.5. The van der Waals surface area contributed by atoms with Gasteiger partial charge >= 0.3 is 0 Å². The van der Waals surface area contributed by atoms with Crippen molar-refractivity contribution in [2.45, 2.75) is 0 Å². The summed E-state index contributed by atoms with van der Waals surface area (Å²) in [5.74, 6) is 0. The lowest BCUT2D eigenvalue weighted by Crippen LogP contribution is -1.92. The van der Waals surface area contributed by atoms with Gasteiger partial charge in [0, 0.05) is 0 Å². The first-order chi connectivity index (χ1) is 57.7. The van der Waals surface area contributed by atoms with Gasteiger partial charge in [-0.05, 0) is 220 Å². The Hall–Kier alpha value is -14.6. The summed E-state index contributed by atoms with van der Waals surface area (Å²) in [5.41, 5.74) is 20.6. The van der Waals surface area contributed by atoms with Crippen LogP contribution in [0.15, 0.2) is 449 Å². The van der Waals surface area contributed by atoms with Gasteiger partial charge in [0.05, 0.1) is 6.85 Å². The summed E-state index contributed by atoms with van der Waals surface area (Å²) in [6.07, 6.45) is 0. The summed E-state index contributed by atoms with van der Waals surface area (Å²) in [4.78, 5) is 0. The molecule has 0 aliphatic carbocycles. The van der Waals surface area contributed by atoms with Crippen molar-refractivity contribution in [1.29, 1.82) is 0 Å². The second-order valence-electron chi connectivity index (χ2n) is 28.7. The summed E-state index contributed by atoms with van der Waals surface area (Å²) < 4.78 is 42.5. The second-order valence-corrected chi connectivity index (χ2v) is 28.7. The van der Waals surface area contributed by atoms with E-state index in [0.29, 0.717) is 5.56 Å². The van der Waals surface area contributed by atoms with E-state index in [1.165, 1.54) is 142 Å². The van der Waals surface area contributed by atoms with E-state index >= 15 is 0 Å². The molecule has 0 unspecified atom stereocenters. The molecule has 0 saturated heterocycles. The highest BCUT2D eigenvalue weighted by Gasteiger charge is 2.24. The fourth-order valence-electron chi connectivity index (χ4n) is 17.6. The number of fused-ring (bicyclic) bond motifs is 10. The first kappa shape index (κ1) is 61.5. The summed E-state index contributed by atoms with van der Waals surface area (Å²) >= 11 is 0. The minimum atomic E-state index is -0.391. The third-order valence-electron chi connectivity index (χ3n) is 22.5. The highest BCUT2D eigenvalue weighted by molar-refractivity contribution is 6.28. The van der Waals surface area contributed by atoms with Crippen LogP contribution in [0.25, 0.3) is 208 Å². The van der Waals surface area contributed by atoms with Gasteiger partial charge in [-0.2, -0.15) is 0 Å². The molecule has 0 amide bonds. The van der Waals surface area contributed by atoms with Crippen LogP contribution in [-0.2, 0) is 0 Å². The molecule has 0 heteroatoms. The molecular weight excluding hydrogens is 1350 g/mol. The highest BCUT2D eigenvalue weighted by Crippen LogP contribution is 2.51. The lowest BCUT2D eigenvalue weighted by molar-refractivity contribution is 1.63. The predicted molar refractivity (Wildman–Crippen MR) is 483 cm³/mol. The Balaban J connectivity index is 0.000000113. The van der Waals surface area contributed by atoms with Crippen molar-refractivity contribution in [3.05, 3.63) is 449 Å². The lowest BCUT2D eigenvalue weighted by atomic mass is 9.83. The van der Waals surface area contributed by atoms with E-state index in [1.54, 1.807) is 0 Å². The average Bonchev–Trinajstić information content (AvgIpc) is 0.717. The van der Waals surface area contributed by atoms with Gasteiger partial charge in [-0.1, -0.05) is 437 Å². The molecule has 0 aromatic heterocycles. The predicted octanol–water partition coefficient (Wildman–Crippen LogP) is 31.6. The van der Waals surface area contributed by atoms with Gasteiger partial charge in [-0.25, -0.2) is 0 Å². The van der Waals surface area contributed by atoms with Crippen LogP contribution in [0, 0.1) is 0 Å². The number of hydrogen-bond acceptors (Lipinski definition) is 0. The van der Waals surface area contributed by atoms with Crippen LogP contribution in [0.1, 0.15) is 6.85 Å². The minimum absolute atomic E-state index is 0.199. The Morgan fingerprint density at radius 3 is 0.795 bits per heavy atom. The molecule has 0 radical (unpaired) electrons. The van der Waals surface area contributed by atoms with Crippen LogP contribution in [0.5, 0.6) is 0 Å². The van der Waals surface area contributed by atoms with E-state index in [1.807, 2.05) is 54.6 Å². The van der Waals surface area contributed by atoms with Gasteiger partial charge in [0.15, 0.2) is 0 Å². The third kappa shape index (κ3) is 11.9. The molecule has 22 aromatic rings. The first-order valence-corrected chi connectivity index (χ1v) is 38.4. The molecule has 0 aliphatic rings. The Kier molecular flexibility index (Phi) is 16.0. The molecule has 22 rings (SSSR count). The minimum Gasteiger partial charge on any atom is -0.0622 e. The molecule has 0 fully saturated rings. The Morgan fingerprint density at radius 1 is 0.125 bits per heavy atom. The normalized spacial score (nSPS) is 12.0. The monoisotopic (exact) mass is 1420 g/mol. The molecule has 0 atom stereocenters. The molecule has 0 spiro atoms. The van der Waals surface area contributed by atoms with Gasteiger partial charge in [-0.3, -0.25) is 0 Å². The fraction of sp³-hybridized carbons (Fsp3) is 0. The van der Waals surface area contributed by atoms with Crippen molar-refractivity contribution in [3.63, 3.8) is 0 Å². The van der Waals surface area contributed by atoms with Crippen molar-refractivity contribution in [1.82, 2.24) is 0 Å². The second kappa shape index (κ2) is 29.2. The van der Waals surface area contributed by atoms with E-state index in [2.05, 4.69) is 364 Å². The van der Waals surface area contributed by atoms with Gasteiger partial charge in [0.2, 0.25) is 0 Å². The maximum atomic E-state index is 8.80. The van der Waals surface area contributed by atoms with Gasteiger partial charge in [-0.15, -0.1) is 0 Å². The lowest BCUT2D eigenvalue weighted by Gasteiger charge is -2.20. The topological polar surface area (TPSA) is 0 Å². The fourth-order valence-corrected chi connectivity index (χ4v) is 17.6. The molecule has 112 heavy (non-hydrogen) atoms. The zero-order valence-electron chi connectivity index (χ0n) is 66.3. The zero-order valence-corrected chi connectivity index (χ0v) is 61.3. The Bertz CT molecular complexity index is 7460. The van der Waals surface area contributed by atoms with E-state index in [0.717, 1.165) is 54.6 Å². The van der Waals surface area contributed by atoms with E-state index < -0.39 is 6.04 Å². The van der Waals surface area contributed by atoms with Crippen molar-refractivity contribution in [3.8, 4) is 100 Å². The van der Waals surface area contributed by atoms with Crippen LogP contribution < -0.4 is 0 Å². The van der Waals surface area contributed by atoms with E-state index in [-0.39, 0.29) is 29.7 Å². The zero-order chi connectivity index (χ0) is 78.6. The molecule has 0 bridgehead atoms. The summed E-state index contributed by atoms with van der Waals surface area (Å²) in [6.45, 7) is 0. The summed E-state index contributed by atoms with van der Waals surface area (Å²) in [7, 11) is 0. The van der Waals surface area contributed by atoms with Crippen molar-refractivity contribution in [2.24, 2.45) is 0 Å². The molecule has 0 heterocycles. The van der Waals surface area contributed by atoms with Crippen molar-refractivity contribution >= 4 is 108 Å². The molecule has 0 N–H and O–H groups in total. The molecular formula is C112H74. The van der Waals surface area contributed by atoms with Crippen molar-refractivity contribution in [2.75, 3.05) is 0 Å². The molecule has 522 valence electrons. The number of benzene rings is 22. The van der Waals surface area contributed by atoms with Gasteiger partial charge < -0.3 is 0 Å². The first-order valence-electron chi connectivity index (χ1n) is 40.9. The standard InChI is InChI=1S/C40H26.2C36H24/c1-2-14-28(15-3-1)39-34-20-8-10-22-36(34)40(37-23-11-9-21-35(37)39)38-26-25-33(31-18-6-7-19-32(31)38)30-24-12-16-27-13-4-5-17-29(27)30;1-3-13-25(14-4-1)28-23-27-17-7-8-18-29(27)34(24-28)36-32-21-11-9-19-30(32)35(26-15-5-2-6-16-26)31-20-10-12-22-33(31)36;1-3-13-25(14-4-1)27-23-24-34(29-18-8-7-17-28(27)29)36-32-21-11-9-19-30(32)35(26-15-5-2-6-16-26)31-20-10-12-22-33(31)36/h1-26H;2*1-24H/i;2D,5D,6D,15D,16D;. The molecule has 0 aliphatic heterocycles. The van der Waals surface area contributed by atoms with Crippen LogP contribution in [0.3, 0.4) is 0 Å². The Morgan fingerprint density at radius 2 is 0.384 bits per heavy atom. The smallest absolute Gasteiger partial charge is 0.0622 e. The number of hydrogen-bond donors (Lipinski definition) is 0. The van der Waals surface area contributed by atoms with Crippen LogP contribution >= 0.6 is 0 Å². The average molecular weight is 1420 g/mol. The maximum Gasteiger partial charge on any atom is 0.0629 e. The molecule has 22 aromatic carbocycles. The summed E-state index contributed by atoms with van der Waals surface area (Å²) in [6, 6.07) is 148. The van der Waals surface area contributed by atoms with Crippen LogP contribution in [0.4, 0.5) is 0 Å². The van der Waals surface area contributed by atoms with E-state index in [4.69, 9.17) is 6.85 Å². The largest absolute Gasteiger partial charge is 0.0629 e. The highest BCUT2D eigenvalue weighted by atomic mass is 14.3. The van der Waals surface area contributed by atoms with Crippen LogP contribution in [-0.4, -0.2) is 0 Å². The SMILES string of the molecule is [2H]c1c([2H])c([2H])c(-c2c3ccccc3c(-c3cc(-c4ccccc4)cc4ccccc34)c3ccccc23)c([2H])c1[2H].c1ccc(-c2c3ccccc3c(-c3ccc(-c4cccc5ccccc45)c4ccccc34)c3ccccc23)cc1.c1ccc(-c2ccc(-c3c4ccccc4c(-c4ccccc4)c4ccccc34)c3ccccc23)cc1. The van der Waals surface area contributed by atoms with Gasteiger partial charge in [0.1, 0.15) is 0 Å². The van der Waals surface area contributed by atoms with Gasteiger partial charge in [0.25, 0.3) is 0 Å². The Labute approximate surface area is 659 Å². The number of rotatable bonds is 9. The van der Waals surface area contributed by atoms with Crippen LogP contribution in [0.2, 0.25) is 0 Å².